The minimum absolute atomic E-state index is 0.116. The zero-order valence-electron chi connectivity index (χ0n) is 16.0. The molecule has 31 heavy (non-hydrogen) atoms. The summed E-state index contributed by atoms with van der Waals surface area (Å²) in [6.45, 7) is 1.89. The van der Waals surface area contributed by atoms with Crippen molar-refractivity contribution in [2.45, 2.75) is 12.1 Å². The zero-order valence-corrected chi connectivity index (χ0v) is 16.9. The first-order valence-corrected chi connectivity index (χ1v) is 9.94. The van der Waals surface area contributed by atoms with Crippen LogP contribution >= 0.6 is 11.8 Å². The summed E-state index contributed by atoms with van der Waals surface area (Å²) < 4.78 is 0. The first kappa shape index (κ1) is 20.1. The van der Waals surface area contributed by atoms with Gasteiger partial charge in [0.15, 0.2) is 5.82 Å². The third-order valence-corrected chi connectivity index (χ3v) is 5.53. The molecule has 0 atom stereocenters. The van der Waals surface area contributed by atoms with Gasteiger partial charge in [0.1, 0.15) is 11.8 Å². The minimum atomic E-state index is -0.996. The van der Waals surface area contributed by atoms with E-state index in [1.54, 1.807) is 12.1 Å². The van der Waals surface area contributed by atoms with Crippen LogP contribution in [-0.2, 0) is 4.79 Å². The third-order valence-electron chi connectivity index (χ3n) is 4.70. The van der Waals surface area contributed by atoms with Crippen LogP contribution in [0.25, 0.3) is 33.4 Å². The number of rotatable bonds is 6. The molecule has 0 bridgehead atoms. The summed E-state index contributed by atoms with van der Waals surface area (Å²) in [5.41, 5.74) is 3.83. The third kappa shape index (κ3) is 3.96. The molecule has 4 aromatic rings. The molecule has 0 saturated carbocycles. The number of aliphatic carboxylic acids is 1. The Hall–Kier alpha value is -4.17. The molecule has 0 aliphatic carbocycles. The molecule has 3 N–H and O–H groups in total. The van der Waals surface area contributed by atoms with Crippen LogP contribution in [0, 0.1) is 28.4 Å². The van der Waals surface area contributed by atoms with Crippen LogP contribution in [0.15, 0.2) is 41.6 Å². The van der Waals surface area contributed by atoms with Crippen molar-refractivity contribution in [3.63, 3.8) is 0 Å². The number of carbonyl (C=O) groups is 1. The van der Waals surface area contributed by atoms with E-state index in [2.05, 4.69) is 26.2 Å². The maximum absolute atomic E-state index is 11.5. The molecule has 0 aliphatic heterocycles. The Morgan fingerprint density at radius 2 is 2.06 bits per heavy atom. The highest BCUT2D eigenvalue weighted by Crippen LogP contribution is 2.35. The SMILES string of the molecule is Cc1c(-c2cc(-c3nc(SCC(=O)O)n[nH]3)cc([N+](=O)[O-])c2)ccc2[nH]c(C#N)cc12. The average Bonchev–Trinajstić information content (AvgIpc) is 3.39. The number of carboxylic acids is 1. The van der Waals surface area contributed by atoms with Crippen LogP contribution in [0.2, 0.25) is 0 Å². The molecule has 2 aromatic carbocycles. The molecule has 0 amide bonds. The molecule has 0 radical (unpaired) electrons. The van der Waals surface area contributed by atoms with Gasteiger partial charge in [-0.3, -0.25) is 20.0 Å². The van der Waals surface area contributed by atoms with Crippen LogP contribution in [0.3, 0.4) is 0 Å². The number of nitriles is 1. The molecule has 4 rings (SSSR count). The number of hydrogen-bond acceptors (Lipinski definition) is 7. The number of fused-ring (bicyclic) bond motifs is 1. The normalized spacial score (nSPS) is 10.8. The van der Waals surface area contributed by atoms with Gasteiger partial charge in [-0.15, -0.1) is 5.10 Å². The molecule has 0 fully saturated rings. The number of thioether (sulfide) groups is 1. The quantitative estimate of drug-likeness (QED) is 0.234. The fraction of sp³-hybridized carbons (Fsp3) is 0.100. The summed E-state index contributed by atoms with van der Waals surface area (Å²) >= 11 is 0.947. The first-order valence-electron chi connectivity index (χ1n) is 8.95. The predicted molar refractivity (Wildman–Crippen MR) is 114 cm³/mol. The summed E-state index contributed by atoms with van der Waals surface area (Å²) in [5, 5.41) is 37.2. The summed E-state index contributed by atoms with van der Waals surface area (Å²) in [4.78, 5) is 29.1. The van der Waals surface area contributed by atoms with E-state index in [1.807, 2.05) is 19.1 Å². The molecule has 154 valence electrons. The number of non-ortho nitro benzene ring substituents is 1. The molecule has 2 heterocycles. The summed E-state index contributed by atoms with van der Waals surface area (Å²) in [6, 6.07) is 12.1. The fourth-order valence-corrected chi connectivity index (χ4v) is 3.82. The first-order chi connectivity index (χ1) is 14.9. The molecule has 0 saturated heterocycles. The zero-order chi connectivity index (χ0) is 22.1. The van der Waals surface area contributed by atoms with Gasteiger partial charge >= 0.3 is 5.97 Å². The van der Waals surface area contributed by atoms with Crippen LogP contribution in [0.5, 0.6) is 0 Å². The monoisotopic (exact) mass is 434 g/mol. The lowest BCUT2D eigenvalue weighted by Gasteiger charge is -2.09. The Balaban J connectivity index is 1.81. The Bertz CT molecular complexity index is 1380. The number of hydrogen-bond donors (Lipinski definition) is 3. The summed E-state index contributed by atoms with van der Waals surface area (Å²) in [7, 11) is 0. The van der Waals surface area contributed by atoms with E-state index in [4.69, 9.17) is 10.4 Å². The Kier molecular flexibility index (Phi) is 5.14. The average molecular weight is 434 g/mol. The predicted octanol–water partition coefficient (Wildman–Crippen LogP) is 3.89. The fourth-order valence-electron chi connectivity index (χ4n) is 3.30. The van der Waals surface area contributed by atoms with Crippen LogP contribution < -0.4 is 0 Å². The van der Waals surface area contributed by atoms with Gasteiger partial charge in [-0.2, -0.15) is 5.26 Å². The number of H-pyrrole nitrogens is 2. The maximum atomic E-state index is 11.5. The Labute approximate surface area is 179 Å². The number of benzene rings is 2. The molecule has 0 spiro atoms. The van der Waals surface area contributed by atoms with Crippen LogP contribution in [0.4, 0.5) is 5.69 Å². The van der Waals surface area contributed by atoms with E-state index >= 15 is 0 Å². The highest BCUT2D eigenvalue weighted by molar-refractivity contribution is 7.99. The van der Waals surface area contributed by atoms with Crippen LogP contribution in [0.1, 0.15) is 11.3 Å². The molecular weight excluding hydrogens is 420 g/mol. The molecule has 0 unspecified atom stereocenters. The van der Waals surface area contributed by atoms with Crippen molar-refractivity contribution < 1.29 is 14.8 Å². The molecular formula is C20H14N6O4S. The van der Waals surface area contributed by atoms with E-state index in [0.717, 1.165) is 33.8 Å². The second-order valence-electron chi connectivity index (χ2n) is 6.67. The van der Waals surface area contributed by atoms with Crippen molar-refractivity contribution >= 4 is 34.3 Å². The smallest absolute Gasteiger partial charge is 0.313 e. The Morgan fingerprint density at radius 1 is 1.29 bits per heavy atom. The number of aromatic nitrogens is 4. The van der Waals surface area contributed by atoms with Crippen molar-refractivity contribution in [1.29, 1.82) is 5.26 Å². The van der Waals surface area contributed by atoms with Crippen molar-refractivity contribution in [3.05, 3.63) is 57.8 Å². The van der Waals surface area contributed by atoms with Crippen molar-refractivity contribution in [2.24, 2.45) is 0 Å². The number of aromatic amines is 2. The van der Waals surface area contributed by atoms with Gasteiger partial charge in [-0.05, 0) is 41.8 Å². The molecule has 0 aliphatic rings. The molecule has 10 nitrogen and oxygen atoms in total. The highest BCUT2D eigenvalue weighted by Gasteiger charge is 2.17. The van der Waals surface area contributed by atoms with Gasteiger partial charge in [0, 0.05) is 28.6 Å². The maximum Gasteiger partial charge on any atom is 0.313 e. The number of carboxylic acid groups (broad SMARTS) is 1. The standard InChI is InChI=1S/C20H14N6O4S/c1-10-15(2-3-17-16(10)7-13(8-21)22-17)11-4-12(6-14(5-11)26(29)30)19-23-20(25-24-19)31-9-18(27)28/h2-7,22H,9H2,1H3,(H,27,28)(H,23,24,25). The van der Waals surface area contributed by atoms with E-state index in [1.165, 1.54) is 12.1 Å². The van der Waals surface area contributed by atoms with E-state index in [0.29, 0.717) is 22.6 Å². The second-order valence-corrected chi connectivity index (χ2v) is 7.61. The second kappa shape index (κ2) is 7.92. The topological polar surface area (TPSA) is 162 Å². The summed E-state index contributed by atoms with van der Waals surface area (Å²) in [6.07, 6.45) is 0. The lowest BCUT2D eigenvalue weighted by atomic mass is 9.95. The van der Waals surface area contributed by atoms with E-state index in [9.17, 15) is 14.9 Å². The number of nitrogens with zero attached hydrogens (tertiary/aromatic N) is 4. The lowest BCUT2D eigenvalue weighted by molar-refractivity contribution is -0.384. The number of aryl methyl sites for hydroxylation is 1. The summed E-state index contributed by atoms with van der Waals surface area (Å²) in [5.74, 6) is -0.896. The number of nitrogens with one attached hydrogen (secondary N) is 2. The van der Waals surface area contributed by atoms with Crippen molar-refractivity contribution in [2.75, 3.05) is 5.75 Å². The molecule has 2 aromatic heterocycles. The number of nitro groups is 1. The van der Waals surface area contributed by atoms with Gasteiger partial charge in [0.05, 0.1) is 10.7 Å². The Morgan fingerprint density at radius 3 is 2.77 bits per heavy atom. The van der Waals surface area contributed by atoms with Gasteiger partial charge in [-0.1, -0.05) is 17.8 Å². The van der Waals surface area contributed by atoms with Crippen LogP contribution in [-0.4, -0.2) is 41.9 Å². The highest BCUT2D eigenvalue weighted by atomic mass is 32.2. The van der Waals surface area contributed by atoms with Gasteiger partial charge in [-0.25, -0.2) is 4.98 Å². The largest absolute Gasteiger partial charge is 0.481 e. The lowest BCUT2D eigenvalue weighted by Crippen LogP contribution is -1.97. The van der Waals surface area contributed by atoms with Gasteiger partial charge in [0.25, 0.3) is 5.69 Å². The minimum Gasteiger partial charge on any atom is -0.481 e. The van der Waals surface area contributed by atoms with Crippen molar-refractivity contribution in [3.8, 4) is 28.6 Å². The van der Waals surface area contributed by atoms with Crippen molar-refractivity contribution in [1.82, 2.24) is 20.2 Å². The molecule has 11 heteroatoms. The number of nitro benzene ring substituents is 1. The van der Waals surface area contributed by atoms with Gasteiger partial charge in [0.2, 0.25) is 5.16 Å². The van der Waals surface area contributed by atoms with Gasteiger partial charge < -0.3 is 10.1 Å². The van der Waals surface area contributed by atoms with E-state index in [-0.39, 0.29) is 16.6 Å². The van der Waals surface area contributed by atoms with E-state index < -0.39 is 10.9 Å².